The summed E-state index contributed by atoms with van der Waals surface area (Å²) in [6, 6.07) is 8.35. The third-order valence-corrected chi connectivity index (χ3v) is 10.5. The van der Waals surface area contributed by atoms with Gasteiger partial charge >= 0.3 is 0 Å². The third kappa shape index (κ3) is 10.1. The van der Waals surface area contributed by atoms with E-state index in [1.54, 1.807) is 0 Å². The molecule has 1 spiro atoms. The van der Waals surface area contributed by atoms with Crippen molar-refractivity contribution in [1.82, 2.24) is 0 Å². The van der Waals surface area contributed by atoms with Crippen LogP contribution in [-0.4, -0.2) is 75.6 Å². The third-order valence-electron chi connectivity index (χ3n) is 10.5. The Morgan fingerprint density at radius 1 is 0.608 bits per heavy atom. The Labute approximate surface area is 308 Å². The van der Waals surface area contributed by atoms with E-state index >= 15 is 0 Å². The van der Waals surface area contributed by atoms with Crippen molar-refractivity contribution in [2.24, 2.45) is 16.2 Å². The zero-order chi connectivity index (χ0) is 38.2. The Kier molecular flexibility index (Phi) is 12.7. The highest BCUT2D eigenvalue weighted by Gasteiger charge is 2.48. The summed E-state index contributed by atoms with van der Waals surface area (Å²) in [5.74, 6) is 1.10. The molecular weight excluding hydrogens is 644 g/mol. The first-order chi connectivity index (χ1) is 23.5. The Morgan fingerprint density at radius 2 is 0.922 bits per heavy atom. The summed E-state index contributed by atoms with van der Waals surface area (Å²) >= 11 is 0. The van der Waals surface area contributed by atoms with Crippen molar-refractivity contribution in [2.75, 3.05) is 52.9 Å². The first-order valence-corrected chi connectivity index (χ1v) is 18.8. The van der Waals surface area contributed by atoms with Crippen molar-refractivity contribution in [3.8, 4) is 11.5 Å². The van der Waals surface area contributed by atoms with Gasteiger partial charge in [0.1, 0.15) is 11.5 Å². The van der Waals surface area contributed by atoms with E-state index in [2.05, 4.69) is 107 Å². The monoisotopic (exact) mass is 712 g/mol. The first-order valence-electron chi connectivity index (χ1n) is 18.8. The lowest BCUT2D eigenvalue weighted by Gasteiger charge is -2.48. The molecule has 2 aromatic carbocycles. The minimum absolute atomic E-state index is 0.147. The zero-order valence-corrected chi connectivity index (χ0v) is 34.1. The van der Waals surface area contributed by atoms with Crippen LogP contribution < -0.4 is 0 Å². The summed E-state index contributed by atoms with van der Waals surface area (Å²) in [4.78, 5) is 0. The van der Waals surface area contributed by atoms with Gasteiger partial charge in [-0.1, -0.05) is 107 Å². The summed E-state index contributed by atoms with van der Waals surface area (Å²) < 4.78 is 37.8. The number of phenolic OH excluding ortho intramolecular Hbond substituents is 2. The molecular formula is C43H68O8. The van der Waals surface area contributed by atoms with E-state index in [9.17, 15) is 10.2 Å². The van der Waals surface area contributed by atoms with Gasteiger partial charge in [0.15, 0.2) is 12.6 Å². The number of rotatable bonds is 12. The molecule has 2 atom stereocenters. The molecule has 2 heterocycles. The molecule has 2 unspecified atom stereocenters. The first kappa shape index (κ1) is 41.6. The number of ether oxygens (including phenoxy) is 6. The van der Waals surface area contributed by atoms with Crippen LogP contribution in [0.3, 0.4) is 0 Å². The number of benzene rings is 2. The lowest BCUT2D eigenvalue weighted by Crippen LogP contribution is -2.57. The molecule has 8 nitrogen and oxygen atoms in total. The van der Waals surface area contributed by atoms with Crippen LogP contribution in [0.5, 0.6) is 11.5 Å². The van der Waals surface area contributed by atoms with Gasteiger partial charge < -0.3 is 38.6 Å². The van der Waals surface area contributed by atoms with Crippen molar-refractivity contribution >= 4 is 0 Å². The summed E-state index contributed by atoms with van der Waals surface area (Å²) in [7, 11) is 0. The van der Waals surface area contributed by atoms with E-state index in [0.717, 1.165) is 22.3 Å². The number of aromatic hydroxyl groups is 2. The van der Waals surface area contributed by atoms with Gasteiger partial charge in [-0.15, -0.1) is 0 Å². The van der Waals surface area contributed by atoms with Crippen LogP contribution in [0.25, 0.3) is 0 Å². The van der Waals surface area contributed by atoms with Crippen LogP contribution in [0.15, 0.2) is 24.3 Å². The Morgan fingerprint density at radius 3 is 1.22 bits per heavy atom. The largest absolute Gasteiger partial charge is 0.507 e. The van der Waals surface area contributed by atoms with Gasteiger partial charge in [0, 0.05) is 22.7 Å². The van der Waals surface area contributed by atoms with Crippen LogP contribution in [0.4, 0.5) is 0 Å². The van der Waals surface area contributed by atoms with E-state index in [-0.39, 0.29) is 38.9 Å². The van der Waals surface area contributed by atoms with Gasteiger partial charge in [-0.2, -0.15) is 0 Å². The van der Waals surface area contributed by atoms with E-state index in [1.807, 2.05) is 13.8 Å². The molecule has 288 valence electrons. The maximum absolute atomic E-state index is 10.6. The topological polar surface area (TPSA) is 95.8 Å². The molecule has 0 amide bonds. The quantitative estimate of drug-likeness (QED) is 0.225. The summed E-state index contributed by atoms with van der Waals surface area (Å²) in [5.41, 5.74) is 4.68. The maximum atomic E-state index is 10.6. The van der Waals surface area contributed by atoms with Crippen LogP contribution >= 0.6 is 0 Å². The van der Waals surface area contributed by atoms with Gasteiger partial charge in [0.2, 0.25) is 0 Å². The molecule has 8 heteroatoms. The molecule has 2 aromatic rings. The van der Waals surface area contributed by atoms with Crippen molar-refractivity contribution in [3.05, 3.63) is 57.6 Å². The standard InChI is InChI=1S/C43H68O8/c1-27-15-31(17-33(35(27)44)39(5,6)7)29(3)19-46-21-41(11,12)37-48-23-43(24-49-37)25-50-38(51-26-43)42(13,14)22-47-20-30(4)32-16-28(2)36(45)34(18-32)40(8,9)10/h15-18,29-30,37-38,44-45H,19-26H2,1-14H3. The highest BCUT2D eigenvalue weighted by molar-refractivity contribution is 5.48. The van der Waals surface area contributed by atoms with Crippen LogP contribution in [0.2, 0.25) is 0 Å². The second-order valence-corrected chi connectivity index (χ2v) is 19.2. The minimum atomic E-state index is -0.400. The van der Waals surface area contributed by atoms with Gasteiger partial charge in [-0.05, 0) is 58.1 Å². The Balaban J connectivity index is 1.22. The van der Waals surface area contributed by atoms with E-state index in [1.165, 1.54) is 11.1 Å². The summed E-state index contributed by atoms with van der Waals surface area (Å²) in [5, 5.41) is 21.3. The molecule has 4 rings (SSSR count). The predicted octanol–water partition coefficient (Wildman–Crippen LogP) is 9.03. The molecule has 2 aliphatic rings. The van der Waals surface area contributed by atoms with Crippen molar-refractivity contribution in [2.45, 2.75) is 132 Å². The maximum Gasteiger partial charge on any atom is 0.164 e. The van der Waals surface area contributed by atoms with Crippen molar-refractivity contribution in [3.63, 3.8) is 0 Å². The molecule has 0 saturated carbocycles. The lowest BCUT2D eigenvalue weighted by atomic mass is 9.82. The molecule has 0 aliphatic carbocycles. The highest BCUT2D eigenvalue weighted by atomic mass is 16.7. The average molecular weight is 713 g/mol. The Bertz CT molecular complexity index is 1350. The average Bonchev–Trinajstić information content (AvgIpc) is 3.02. The molecule has 0 bridgehead atoms. The predicted molar refractivity (Wildman–Crippen MR) is 203 cm³/mol. The normalized spacial score (nSPS) is 23.4. The second-order valence-electron chi connectivity index (χ2n) is 19.2. The molecule has 2 aliphatic heterocycles. The van der Waals surface area contributed by atoms with Gasteiger partial charge in [0.25, 0.3) is 0 Å². The summed E-state index contributed by atoms with van der Waals surface area (Å²) in [6.45, 7) is 33.5. The van der Waals surface area contributed by atoms with Crippen LogP contribution in [0.1, 0.15) is 128 Å². The van der Waals surface area contributed by atoms with E-state index in [4.69, 9.17) is 28.4 Å². The van der Waals surface area contributed by atoms with Gasteiger partial charge in [0.05, 0.1) is 58.3 Å². The lowest BCUT2D eigenvalue weighted by molar-refractivity contribution is -0.338. The van der Waals surface area contributed by atoms with Gasteiger partial charge in [-0.25, -0.2) is 0 Å². The Hall–Kier alpha value is -2.20. The van der Waals surface area contributed by atoms with Crippen LogP contribution in [0, 0.1) is 30.1 Å². The van der Waals surface area contributed by atoms with Crippen molar-refractivity contribution in [1.29, 1.82) is 0 Å². The molecule has 51 heavy (non-hydrogen) atoms. The fourth-order valence-electron chi connectivity index (χ4n) is 6.91. The molecule has 2 saturated heterocycles. The van der Waals surface area contributed by atoms with Crippen molar-refractivity contribution < 1.29 is 38.6 Å². The van der Waals surface area contributed by atoms with E-state index in [0.29, 0.717) is 64.4 Å². The second kappa shape index (κ2) is 15.6. The SMILES string of the molecule is Cc1cc(C(C)COCC(C)(C)C2OCC3(CO2)COC(C(C)(C)COCC(C)c2cc(C)c(O)c(C(C)(C)C)c2)OC3)cc(C(C)(C)C)c1O. The number of phenols is 2. The number of aryl methyl sites for hydroxylation is 2. The molecule has 0 aromatic heterocycles. The minimum Gasteiger partial charge on any atom is -0.507 e. The summed E-state index contributed by atoms with van der Waals surface area (Å²) in [6.07, 6.45) is -0.800. The highest BCUT2D eigenvalue weighted by Crippen LogP contribution is 2.40. The molecule has 2 N–H and O–H groups in total. The van der Waals surface area contributed by atoms with Gasteiger partial charge in [-0.3, -0.25) is 0 Å². The number of hydrogen-bond acceptors (Lipinski definition) is 8. The molecule has 0 radical (unpaired) electrons. The fourth-order valence-corrected chi connectivity index (χ4v) is 6.91. The van der Waals surface area contributed by atoms with Crippen LogP contribution in [-0.2, 0) is 39.3 Å². The molecule has 2 fully saturated rings. The smallest absolute Gasteiger partial charge is 0.164 e. The fraction of sp³-hybridized carbons (Fsp3) is 0.721. The van der Waals surface area contributed by atoms with E-state index < -0.39 is 12.6 Å². The number of hydrogen-bond donors (Lipinski definition) is 2. The zero-order valence-electron chi connectivity index (χ0n) is 34.1.